The average molecular weight is 254 g/mol. The quantitative estimate of drug-likeness (QED) is 0.808. The maximum atomic E-state index is 9.00. The average Bonchev–Trinajstić information content (AvgIpc) is 2.29. The van der Waals surface area contributed by atoms with Crippen molar-refractivity contribution in [2.24, 2.45) is 0 Å². The molecule has 0 spiro atoms. The Morgan fingerprint density at radius 3 is 2.59 bits per heavy atom. The summed E-state index contributed by atoms with van der Waals surface area (Å²) < 4.78 is 0. The number of benzene rings is 1. The fourth-order valence-electron chi connectivity index (χ4n) is 1.78. The maximum Gasteiger partial charge on any atom is 0.0445 e. The molecule has 0 saturated carbocycles. The van der Waals surface area contributed by atoms with E-state index in [9.17, 15) is 0 Å². The van der Waals surface area contributed by atoms with Gasteiger partial charge in [-0.1, -0.05) is 48.5 Å². The van der Waals surface area contributed by atoms with Crippen LogP contribution in [0, 0.1) is 0 Å². The van der Waals surface area contributed by atoms with Gasteiger partial charge in [0.2, 0.25) is 0 Å². The van der Waals surface area contributed by atoms with Crippen LogP contribution in [0.25, 0.3) is 0 Å². The molecule has 0 aromatic heterocycles. The minimum absolute atomic E-state index is 0.196. The van der Waals surface area contributed by atoms with Gasteiger partial charge in [-0.2, -0.15) is 0 Å². The van der Waals surface area contributed by atoms with Gasteiger partial charge in [0.1, 0.15) is 0 Å². The molecule has 0 bridgehead atoms. The Morgan fingerprint density at radius 2 is 2.06 bits per heavy atom. The summed E-state index contributed by atoms with van der Waals surface area (Å²) in [5.74, 6) is 0. The van der Waals surface area contributed by atoms with Crippen molar-refractivity contribution < 1.29 is 5.11 Å². The third-order valence-corrected chi connectivity index (χ3v) is 2.89. The van der Waals surface area contributed by atoms with Gasteiger partial charge in [-0.3, -0.25) is 4.90 Å². The molecule has 17 heavy (non-hydrogen) atoms. The Labute approximate surface area is 109 Å². The first-order valence-corrected chi connectivity index (χ1v) is 6.23. The summed E-state index contributed by atoms with van der Waals surface area (Å²) in [4.78, 5) is 2.22. The van der Waals surface area contributed by atoms with Crippen molar-refractivity contribution in [3.8, 4) is 0 Å². The molecule has 1 unspecified atom stereocenters. The molecule has 1 aromatic carbocycles. The molecule has 1 N–H and O–H groups in total. The van der Waals surface area contributed by atoms with Crippen molar-refractivity contribution in [3.05, 3.63) is 47.5 Å². The highest BCUT2D eigenvalue weighted by Gasteiger charge is 2.14. The minimum atomic E-state index is 0.196. The van der Waals surface area contributed by atoms with E-state index in [1.807, 2.05) is 18.2 Å². The van der Waals surface area contributed by atoms with Gasteiger partial charge in [0.25, 0.3) is 0 Å². The summed E-state index contributed by atoms with van der Waals surface area (Å²) in [6.45, 7) is 7.51. The molecule has 0 amide bonds. The molecule has 0 aliphatic heterocycles. The molecule has 1 rings (SSSR count). The van der Waals surface area contributed by atoms with Crippen molar-refractivity contribution in [1.29, 1.82) is 0 Å². The van der Waals surface area contributed by atoms with E-state index < -0.39 is 0 Å². The Balaban J connectivity index is 2.66. The van der Waals surface area contributed by atoms with Crippen LogP contribution in [0.15, 0.2) is 41.9 Å². The second-order valence-corrected chi connectivity index (χ2v) is 4.80. The maximum absolute atomic E-state index is 9.00. The van der Waals surface area contributed by atoms with Gasteiger partial charge < -0.3 is 5.11 Å². The molecular weight excluding hydrogens is 234 g/mol. The summed E-state index contributed by atoms with van der Waals surface area (Å²) >= 11 is 5.88. The lowest BCUT2D eigenvalue weighted by molar-refractivity contribution is 0.174. The summed E-state index contributed by atoms with van der Waals surface area (Å²) in [5, 5.41) is 9.63. The third kappa shape index (κ3) is 5.35. The van der Waals surface area contributed by atoms with Crippen molar-refractivity contribution in [3.63, 3.8) is 0 Å². The normalized spacial score (nSPS) is 12.7. The molecule has 3 heteroatoms. The molecule has 0 fully saturated rings. The van der Waals surface area contributed by atoms with Crippen LogP contribution >= 0.6 is 11.6 Å². The van der Waals surface area contributed by atoms with E-state index in [0.717, 1.165) is 13.0 Å². The number of aliphatic hydroxyl groups excluding tert-OH is 1. The van der Waals surface area contributed by atoms with Crippen molar-refractivity contribution in [1.82, 2.24) is 4.90 Å². The monoisotopic (exact) mass is 253 g/mol. The van der Waals surface area contributed by atoms with Gasteiger partial charge >= 0.3 is 0 Å². The number of hydrogen-bond donors (Lipinski definition) is 1. The van der Waals surface area contributed by atoms with Crippen LogP contribution in [0.5, 0.6) is 0 Å². The zero-order valence-electron chi connectivity index (χ0n) is 10.3. The highest BCUT2D eigenvalue weighted by Crippen LogP contribution is 2.13. The predicted octanol–water partition coefficient (Wildman–Crippen LogP) is 3.01. The van der Waals surface area contributed by atoms with Gasteiger partial charge in [-0.15, -0.1) is 0 Å². The first kappa shape index (κ1) is 14.2. The number of aliphatic hydroxyl groups is 1. The van der Waals surface area contributed by atoms with Crippen molar-refractivity contribution in [2.75, 3.05) is 13.2 Å². The smallest absolute Gasteiger partial charge is 0.0445 e. The summed E-state index contributed by atoms with van der Waals surface area (Å²) in [6, 6.07) is 10.5. The van der Waals surface area contributed by atoms with E-state index in [-0.39, 0.29) is 12.6 Å². The first-order valence-electron chi connectivity index (χ1n) is 5.85. The molecule has 2 nitrogen and oxygen atoms in total. The lowest BCUT2D eigenvalue weighted by Gasteiger charge is -2.28. The highest BCUT2D eigenvalue weighted by molar-refractivity contribution is 6.29. The minimum Gasteiger partial charge on any atom is -0.396 e. The Kier molecular flexibility index (Phi) is 6.27. The summed E-state index contributed by atoms with van der Waals surface area (Å²) in [7, 11) is 0. The standard InChI is InChI=1S/C14H20ClNO/c1-12(15)10-16(13(2)8-9-17)11-14-6-4-3-5-7-14/h3-7,13,17H,1,8-11H2,2H3. The molecule has 1 atom stereocenters. The second-order valence-electron chi connectivity index (χ2n) is 4.27. The fourth-order valence-corrected chi connectivity index (χ4v) is 1.93. The van der Waals surface area contributed by atoms with Crippen LogP contribution in [0.1, 0.15) is 18.9 Å². The van der Waals surface area contributed by atoms with E-state index >= 15 is 0 Å². The van der Waals surface area contributed by atoms with Crippen molar-refractivity contribution >= 4 is 11.6 Å². The predicted molar refractivity (Wildman–Crippen MR) is 73.0 cm³/mol. The Hall–Kier alpha value is -0.830. The Bertz CT molecular complexity index is 339. The van der Waals surface area contributed by atoms with E-state index in [2.05, 4.69) is 30.5 Å². The molecule has 0 aliphatic carbocycles. The highest BCUT2D eigenvalue weighted by atomic mass is 35.5. The fraction of sp³-hybridized carbons (Fsp3) is 0.429. The molecule has 94 valence electrons. The van der Waals surface area contributed by atoms with E-state index in [0.29, 0.717) is 11.6 Å². The number of rotatable bonds is 7. The van der Waals surface area contributed by atoms with Gasteiger partial charge in [0, 0.05) is 30.8 Å². The largest absolute Gasteiger partial charge is 0.396 e. The summed E-state index contributed by atoms with van der Waals surface area (Å²) in [6.07, 6.45) is 0.747. The number of halogens is 1. The molecule has 0 radical (unpaired) electrons. The van der Waals surface area contributed by atoms with Crippen LogP contribution < -0.4 is 0 Å². The third-order valence-electron chi connectivity index (χ3n) is 2.77. The SMILES string of the molecule is C=C(Cl)CN(Cc1ccccc1)C(C)CCO. The topological polar surface area (TPSA) is 23.5 Å². The summed E-state index contributed by atoms with van der Waals surface area (Å²) in [5.41, 5.74) is 1.25. The lowest BCUT2D eigenvalue weighted by Crippen LogP contribution is -2.34. The van der Waals surface area contributed by atoms with Crippen LogP contribution in [0.2, 0.25) is 0 Å². The van der Waals surface area contributed by atoms with Crippen LogP contribution in [0.4, 0.5) is 0 Å². The van der Waals surface area contributed by atoms with E-state index in [4.69, 9.17) is 16.7 Å². The van der Waals surface area contributed by atoms with Crippen LogP contribution in [-0.4, -0.2) is 29.2 Å². The molecular formula is C14H20ClNO. The van der Waals surface area contributed by atoms with Gasteiger partial charge in [-0.05, 0) is 18.9 Å². The molecule has 1 aromatic rings. The second kappa shape index (κ2) is 7.49. The Morgan fingerprint density at radius 1 is 1.41 bits per heavy atom. The molecule has 0 aliphatic rings. The lowest BCUT2D eigenvalue weighted by atomic mass is 10.1. The molecule has 0 heterocycles. The molecule has 0 saturated heterocycles. The van der Waals surface area contributed by atoms with Gasteiger partial charge in [-0.25, -0.2) is 0 Å². The van der Waals surface area contributed by atoms with E-state index in [1.165, 1.54) is 5.56 Å². The van der Waals surface area contributed by atoms with Crippen LogP contribution in [0.3, 0.4) is 0 Å². The van der Waals surface area contributed by atoms with Crippen LogP contribution in [-0.2, 0) is 6.54 Å². The van der Waals surface area contributed by atoms with Crippen molar-refractivity contribution in [2.45, 2.75) is 25.9 Å². The number of nitrogens with zero attached hydrogens (tertiary/aromatic N) is 1. The first-order chi connectivity index (χ1) is 8.13. The zero-order valence-corrected chi connectivity index (χ0v) is 11.0. The zero-order chi connectivity index (χ0) is 12.7. The van der Waals surface area contributed by atoms with Gasteiger partial charge in [0.05, 0.1) is 0 Å². The van der Waals surface area contributed by atoms with E-state index in [1.54, 1.807) is 0 Å². The van der Waals surface area contributed by atoms with Gasteiger partial charge in [0.15, 0.2) is 0 Å². The number of hydrogen-bond acceptors (Lipinski definition) is 2.